The molecule has 0 aliphatic heterocycles. The number of anilines is 3. The minimum absolute atomic E-state index is 0.0121. The van der Waals surface area contributed by atoms with Crippen molar-refractivity contribution in [1.29, 1.82) is 0 Å². The van der Waals surface area contributed by atoms with Crippen LogP contribution in [0.4, 0.5) is 40.6 Å². The summed E-state index contributed by atoms with van der Waals surface area (Å²) in [4.78, 5) is 27.7. The average Bonchev–Trinajstić information content (AvgIpc) is 3.27. The van der Waals surface area contributed by atoms with E-state index in [2.05, 4.69) is 20.3 Å². The highest BCUT2D eigenvalue weighted by atomic mass is 19.4. The molecule has 2 heterocycles. The number of likely N-dealkylation sites (N-methyl/N-ethyl adjacent to an activating group) is 2. The summed E-state index contributed by atoms with van der Waals surface area (Å²) in [6.45, 7) is 4.97. The number of nitrogens with zero attached hydrogens (tertiary/aromatic N) is 7. The summed E-state index contributed by atoms with van der Waals surface area (Å²) in [7, 11) is 5.25. The topological polar surface area (TPSA) is 114 Å². The summed E-state index contributed by atoms with van der Waals surface area (Å²) < 4.78 is 61.4. The maximum atomic E-state index is 15.1. The zero-order valence-corrected chi connectivity index (χ0v) is 24.5. The Morgan fingerprint density at radius 1 is 1.12 bits per heavy atom. The molecule has 4 aromatic rings. The van der Waals surface area contributed by atoms with E-state index in [1.54, 1.807) is 31.0 Å². The van der Waals surface area contributed by atoms with Crippen LogP contribution in [0.15, 0.2) is 36.5 Å². The summed E-state index contributed by atoms with van der Waals surface area (Å²) >= 11 is 0. The van der Waals surface area contributed by atoms with Crippen LogP contribution < -0.4 is 15.0 Å². The second-order valence-electron chi connectivity index (χ2n) is 10.6. The van der Waals surface area contributed by atoms with Crippen molar-refractivity contribution in [3.8, 4) is 17.0 Å². The second-order valence-corrected chi connectivity index (χ2v) is 10.6. The number of halogens is 4. The number of nitrogens with one attached hydrogen (secondary N) is 1. The molecule has 0 atom stereocenters. The fraction of sp³-hybridized carbons (Fsp3) is 0.393. The molecule has 2 aromatic heterocycles. The van der Waals surface area contributed by atoms with Crippen molar-refractivity contribution < 1.29 is 27.2 Å². The number of rotatable bonds is 11. The van der Waals surface area contributed by atoms with Crippen LogP contribution in [0.2, 0.25) is 0 Å². The van der Waals surface area contributed by atoms with E-state index in [0.29, 0.717) is 35.7 Å². The number of benzene rings is 2. The molecule has 15 heteroatoms. The lowest BCUT2D eigenvalue weighted by atomic mass is 10.1. The summed E-state index contributed by atoms with van der Waals surface area (Å²) in [5, 5.41) is 14.8. The van der Waals surface area contributed by atoms with Crippen molar-refractivity contribution in [2.75, 3.05) is 51.1 Å². The molecule has 0 amide bonds. The van der Waals surface area contributed by atoms with E-state index in [9.17, 15) is 23.3 Å². The number of alkyl halides is 3. The van der Waals surface area contributed by atoms with Gasteiger partial charge >= 0.3 is 6.18 Å². The quantitative estimate of drug-likeness (QED) is 0.123. The zero-order valence-electron chi connectivity index (χ0n) is 24.5. The van der Waals surface area contributed by atoms with E-state index in [4.69, 9.17) is 4.74 Å². The van der Waals surface area contributed by atoms with Gasteiger partial charge in [-0.05, 0) is 53.1 Å². The standard InChI is InChI=1S/C28H32F4N8O3/c1-16(2)39-17(3)34-26-19(29)11-18(12-24(26)39)20-7-8-33-27(35-20)36-21-13-23(40(41)42)22(38(6)10-9-37(4)5)14-25(21)43-15-28(30,31)32/h7-8,11-14,16H,9-10,15H2,1-6H3,(H,33,35,36). The summed E-state index contributed by atoms with van der Waals surface area (Å²) in [5.41, 5.74) is 1.08. The van der Waals surface area contributed by atoms with Gasteiger partial charge < -0.3 is 24.4 Å². The minimum Gasteiger partial charge on any atom is -0.482 e. The van der Waals surface area contributed by atoms with Crippen molar-refractivity contribution in [1.82, 2.24) is 24.4 Å². The molecule has 0 aliphatic carbocycles. The molecular formula is C28H32F4N8O3. The fourth-order valence-electron chi connectivity index (χ4n) is 4.63. The molecule has 0 radical (unpaired) electrons. The first-order valence-electron chi connectivity index (χ1n) is 13.3. The van der Waals surface area contributed by atoms with Crippen LogP contribution in [0.3, 0.4) is 0 Å². The Morgan fingerprint density at radius 2 is 1.84 bits per heavy atom. The molecule has 0 aliphatic rings. The molecule has 0 fully saturated rings. The molecule has 0 unspecified atom stereocenters. The normalized spacial score (nSPS) is 11.9. The largest absolute Gasteiger partial charge is 0.482 e. The molecular weight excluding hydrogens is 572 g/mol. The van der Waals surface area contributed by atoms with Gasteiger partial charge in [0, 0.05) is 50.1 Å². The predicted molar refractivity (Wildman–Crippen MR) is 156 cm³/mol. The van der Waals surface area contributed by atoms with Gasteiger partial charge in [-0.3, -0.25) is 10.1 Å². The van der Waals surface area contributed by atoms with E-state index in [1.165, 1.54) is 18.3 Å². The molecule has 0 bridgehead atoms. The smallest absolute Gasteiger partial charge is 0.422 e. The van der Waals surface area contributed by atoms with Crippen LogP contribution in [-0.2, 0) is 0 Å². The Morgan fingerprint density at radius 3 is 2.47 bits per heavy atom. The number of hydrogen-bond donors (Lipinski definition) is 1. The van der Waals surface area contributed by atoms with Crippen molar-refractivity contribution in [2.24, 2.45) is 0 Å². The molecule has 2 aromatic carbocycles. The van der Waals surface area contributed by atoms with Crippen LogP contribution in [0, 0.1) is 22.9 Å². The number of aryl methyl sites for hydroxylation is 1. The molecule has 1 N–H and O–H groups in total. The molecule has 43 heavy (non-hydrogen) atoms. The van der Waals surface area contributed by atoms with Crippen LogP contribution in [-0.4, -0.2) is 76.4 Å². The number of aromatic nitrogens is 4. The Kier molecular flexibility index (Phi) is 9.04. The first-order chi connectivity index (χ1) is 20.1. The Balaban J connectivity index is 1.76. The van der Waals surface area contributed by atoms with Crippen molar-refractivity contribution in [2.45, 2.75) is 33.0 Å². The summed E-state index contributed by atoms with van der Waals surface area (Å²) in [6.07, 6.45) is -3.28. The lowest BCUT2D eigenvalue weighted by molar-refractivity contribution is -0.384. The molecule has 230 valence electrons. The van der Waals surface area contributed by atoms with Crippen molar-refractivity contribution >= 4 is 34.0 Å². The van der Waals surface area contributed by atoms with Crippen LogP contribution >= 0.6 is 0 Å². The van der Waals surface area contributed by atoms with Crippen molar-refractivity contribution in [3.63, 3.8) is 0 Å². The number of ether oxygens (including phenoxy) is 1. The third-order valence-electron chi connectivity index (χ3n) is 6.60. The van der Waals surface area contributed by atoms with Gasteiger partial charge in [0.1, 0.15) is 22.8 Å². The predicted octanol–water partition coefficient (Wildman–Crippen LogP) is 6.11. The first kappa shape index (κ1) is 31.4. The van der Waals surface area contributed by atoms with Crippen LogP contribution in [0.5, 0.6) is 5.75 Å². The van der Waals surface area contributed by atoms with Gasteiger partial charge in [0.05, 0.1) is 21.8 Å². The Hall–Kier alpha value is -4.53. The molecule has 0 saturated heterocycles. The van der Waals surface area contributed by atoms with Crippen molar-refractivity contribution in [3.05, 3.63) is 58.3 Å². The SMILES string of the molecule is Cc1nc2c(F)cc(-c3ccnc(Nc4cc([N+](=O)[O-])c(N(C)CCN(C)C)cc4OCC(F)(F)F)n3)cc2n1C(C)C. The van der Waals surface area contributed by atoms with Gasteiger partial charge in [0.2, 0.25) is 5.95 Å². The molecule has 0 spiro atoms. The summed E-state index contributed by atoms with van der Waals surface area (Å²) in [5.74, 6) is -0.274. The van der Waals surface area contributed by atoms with Gasteiger partial charge in [0.15, 0.2) is 12.4 Å². The Labute approximate surface area is 245 Å². The average molecular weight is 605 g/mol. The molecule has 4 rings (SSSR count). The number of hydrogen-bond acceptors (Lipinski definition) is 9. The minimum atomic E-state index is -4.66. The lowest BCUT2D eigenvalue weighted by Crippen LogP contribution is -2.29. The number of nitro benzene ring substituents is 1. The highest BCUT2D eigenvalue weighted by molar-refractivity contribution is 5.83. The number of nitro groups is 1. The second kappa shape index (κ2) is 12.4. The number of imidazole rings is 1. The van der Waals surface area contributed by atoms with Gasteiger partial charge in [-0.2, -0.15) is 13.2 Å². The van der Waals surface area contributed by atoms with Crippen LogP contribution in [0.1, 0.15) is 25.7 Å². The number of fused-ring (bicyclic) bond motifs is 1. The van der Waals surface area contributed by atoms with E-state index >= 15 is 4.39 Å². The van der Waals surface area contributed by atoms with E-state index in [-0.39, 0.29) is 40.3 Å². The first-order valence-corrected chi connectivity index (χ1v) is 13.3. The maximum absolute atomic E-state index is 15.1. The highest BCUT2D eigenvalue weighted by Crippen LogP contribution is 2.40. The van der Waals surface area contributed by atoms with E-state index < -0.39 is 23.5 Å². The highest BCUT2D eigenvalue weighted by Gasteiger charge is 2.30. The van der Waals surface area contributed by atoms with Gasteiger partial charge in [0.25, 0.3) is 5.69 Å². The monoisotopic (exact) mass is 604 g/mol. The third-order valence-corrected chi connectivity index (χ3v) is 6.60. The zero-order chi connectivity index (χ0) is 31.6. The van der Waals surface area contributed by atoms with E-state index in [0.717, 1.165) is 6.07 Å². The molecule has 11 nitrogen and oxygen atoms in total. The van der Waals surface area contributed by atoms with Gasteiger partial charge in [-0.1, -0.05) is 0 Å². The maximum Gasteiger partial charge on any atom is 0.422 e. The van der Waals surface area contributed by atoms with E-state index in [1.807, 2.05) is 37.4 Å². The van der Waals surface area contributed by atoms with Gasteiger partial charge in [-0.15, -0.1) is 0 Å². The van der Waals surface area contributed by atoms with Crippen LogP contribution in [0.25, 0.3) is 22.3 Å². The third kappa shape index (κ3) is 7.28. The Bertz CT molecular complexity index is 1640. The van der Waals surface area contributed by atoms with Gasteiger partial charge in [-0.25, -0.2) is 19.3 Å². The lowest BCUT2D eigenvalue weighted by Gasteiger charge is -2.23. The summed E-state index contributed by atoms with van der Waals surface area (Å²) in [6, 6.07) is 6.85. The fourth-order valence-corrected chi connectivity index (χ4v) is 4.63. The molecule has 0 saturated carbocycles.